The van der Waals surface area contributed by atoms with Crippen molar-refractivity contribution in [2.24, 2.45) is 0 Å². The van der Waals surface area contributed by atoms with Gasteiger partial charge in [0.15, 0.2) is 0 Å². The number of H-pyrrole nitrogens is 1. The molecule has 4 aromatic rings. The summed E-state index contributed by atoms with van der Waals surface area (Å²) >= 11 is 0. The number of aliphatic hydroxyl groups is 1. The lowest BCUT2D eigenvalue weighted by Crippen LogP contribution is -2.29. The highest BCUT2D eigenvalue weighted by molar-refractivity contribution is 5.82. The first kappa shape index (κ1) is 18.3. The first-order valence-corrected chi connectivity index (χ1v) is 9.95. The largest absolute Gasteiger partial charge is 0.395 e. The molecule has 7 heteroatoms. The minimum Gasteiger partial charge on any atom is -0.395 e. The van der Waals surface area contributed by atoms with E-state index in [9.17, 15) is 5.11 Å². The van der Waals surface area contributed by atoms with Crippen molar-refractivity contribution in [3.8, 4) is 11.3 Å². The number of rotatable bonds is 6. The second kappa shape index (κ2) is 7.96. The summed E-state index contributed by atoms with van der Waals surface area (Å²) in [5.74, 6) is 1.43. The third-order valence-electron chi connectivity index (χ3n) is 5.26. The zero-order valence-corrected chi connectivity index (χ0v) is 16.4. The molecule has 2 N–H and O–H groups in total. The highest BCUT2D eigenvalue weighted by atomic mass is 16.3. The molecule has 2 aromatic carbocycles. The maximum Gasteiger partial charge on any atom is 0.227 e. The molecule has 0 spiro atoms. The minimum absolute atomic E-state index is 0.0281. The van der Waals surface area contributed by atoms with Crippen LogP contribution in [0.15, 0.2) is 73.1 Å². The fourth-order valence-corrected chi connectivity index (χ4v) is 3.80. The highest BCUT2D eigenvalue weighted by Gasteiger charge is 2.27. The molecule has 1 aliphatic heterocycles. The Kier molecular flexibility index (Phi) is 4.86. The number of hydrogen-bond donors (Lipinski definition) is 2. The molecule has 0 saturated carbocycles. The number of anilines is 3. The summed E-state index contributed by atoms with van der Waals surface area (Å²) in [6.07, 6.45) is 3.70. The fourth-order valence-electron chi connectivity index (χ4n) is 3.80. The zero-order chi connectivity index (χ0) is 20.3. The molecule has 1 aliphatic rings. The molecule has 5 rings (SSSR count). The number of nitrogens with zero attached hydrogens (tertiary/aromatic N) is 5. The number of fused-ring (bicyclic) bond motifs is 3. The number of aliphatic hydroxyl groups excluding tert-OH is 1. The van der Waals surface area contributed by atoms with Gasteiger partial charge in [-0.05, 0) is 17.7 Å². The zero-order valence-electron chi connectivity index (χ0n) is 16.4. The van der Waals surface area contributed by atoms with Gasteiger partial charge in [0.25, 0.3) is 0 Å². The van der Waals surface area contributed by atoms with Crippen LogP contribution >= 0.6 is 0 Å². The van der Waals surface area contributed by atoms with Gasteiger partial charge < -0.3 is 14.9 Å². The van der Waals surface area contributed by atoms with Gasteiger partial charge in [-0.2, -0.15) is 10.1 Å². The van der Waals surface area contributed by atoms with E-state index in [1.807, 2.05) is 53.7 Å². The van der Waals surface area contributed by atoms with Crippen LogP contribution in [0.1, 0.15) is 11.1 Å². The molecule has 0 saturated heterocycles. The molecular weight excluding hydrogens is 376 g/mol. The molecule has 2 aromatic heterocycles. The van der Waals surface area contributed by atoms with E-state index in [-0.39, 0.29) is 6.61 Å². The second-order valence-corrected chi connectivity index (χ2v) is 7.23. The van der Waals surface area contributed by atoms with Crippen molar-refractivity contribution >= 4 is 17.5 Å². The number of para-hydroxylation sites is 1. The van der Waals surface area contributed by atoms with E-state index in [2.05, 4.69) is 44.3 Å². The number of benzene rings is 2. The van der Waals surface area contributed by atoms with E-state index >= 15 is 0 Å². The smallest absolute Gasteiger partial charge is 0.227 e. The molecule has 7 nitrogen and oxygen atoms in total. The first-order chi connectivity index (χ1) is 14.8. The number of aromatic nitrogens is 4. The summed E-state index contributed by atoms with van der Waals surface area (Å²) in [5.41, 5.74) is 5.19. The molecule has 0 fully saturated rings. The summed E-state index contributed by atoms with van der Waals surface area (Å²) in [5, 5.41) is 16.9. The topological polar surface area (TPSA) is 81.2 Å². The van der Waals surface area contributed by atoms with Crippen molar-refractivity contribution in [2.45, 2.75) is 13.1 Å². The Labute approximate surface area is 174 Å². The molecule has 30 heavy (non-hydrogen) atoms. The van der Waals surface area contributed by atoms with Gasteiger partial charge in [0.05, 0.1) is 30.6 Å². The van der Waals surface area contributed by atoms with Gasteiger partial charge in [-0.1, -0.05) is 48.5 Å². The maximum atomic E-state index is 9.63. The summed E-state index contributed by atoms with van der Waals surface area (Å²) in [6, 6.07) is 20.4. The Morgan fingerprint density at radius 2 is 1.77 bits per heavy atom. The molecule has 0 aliphatic carbocycles. The Hall–Kier alpha value is -3.71. The quantitative estimate of drug-likeness (QED) is 0.517. The molecular formula is C23H22N6O. The minimum atomic E-state index is 0.0281. The Balaban J connectivity index is 1.57. The van der Waals surface area contributed by atoms with Gasteiger partial charge in [0.2, 0.25) is 5.95 Å². The first-order valence-electron chi connectivity index (χ1n) is 9.95. The Morgan fingerprint density at radius 1 is 1.00 bits per heavy atom. The Morgan fingerprint density at radius 3 is 2.53 bits per heavy atom. The second-order valence-electron chi connectivity index (χ2n) is 7.23. The van der Waals surface area contributed by atoms with E-state index in [0.717, 1.165) is 33.9 Å². The van der Waals surface area contributed by atoms with Crippen molar-refractivity contribution in [1.29, 1.82) is 0 Å². The number of hydrogen-bond acceptors (Lipinski definition) is 6. The summed E-state index contributed by atoms with van der Waals surface area (Å²) in [4.78, 5) is 13.8. The van der Waals surface area contributed by atoms with E-state index < -0.39 is 0 Å². The van der Waals surface area contributed by atoms with Crippen molar-refractivity contribution in [3.05, 3.63) is 84.2 Å². The third-order valence-corrected chi connectivity index (χ3v) is 5.26. The summed E-state index contributed by atoms with van der Waals surface area (Å²) < 4.78 is 0. The van der Waals surface area contributed by atoms with Crippen LogP contribution in [0.25, 0.3) is 11.3 Å². The monoisotopic (exact) mass is 398 g/mol. The van der Waals surface area contributed by atoms with Crippen molar-refractivity contribution in [1.82, 2.24) is 20.2 Å². The molecule has 0 bridgehead atoms. The van der Waals surface area contributed by atoms with Crippen LogP contribution < -0.4 is 9.80 Å². The van der Waals surface area contributed by atoms with E-state index in [0.29, 0.717) is 25.6 Å². The average Bonchev–Trinajstić information content (AvgIpc) is 3.28. The SMILES string of the molecule is OCCN(Cc1ccccc1)c1ncc2c(n1)N(c1ccccc1)Cc1cn[nH]c1-2. The molecule has 150 valence electrons. The van der Waals surface area contributed by atoms with Crippen molar-refractivity contribution in [2.75, 3.05) is 23.0 Å². The predicted molar refractivity (Wildman–Crippen MR) is 116 cm³/mol. The summed E-state index contributed by atoms with van der Waals surface area (Å²) in [6.45, 7) is 1.79. The normalized spacial score (nSPS) is 12.4. The van der Waals surface area contributed by atoms with Crippen LogP contribution in [0.5, 0.6) is 0 Å². The average molecular weight is 398 g/mol. The van der Waals surface area contributed by atoms with Crippen LogP contribution in [0.4, 0.5) is 17.5 Å². The van der Waals surface area contributed by atoms with E-state index in [4.69, 9.17) is 4.98 Å². The maximum absolute atomic E-state index is 9.63. The van der Waals surface area contributed by atoms with Gasteiger partial charge in [-0.15, -0.1) is 0 Å². The standard InChI is InChI=1S/C23H22N6O/c30-12-11-28(15-17-7-3-1-4-8-17)23-24-14-20-21-18(13-25-27-21)16-29(22(20)26-23)19-9-5-2-6-10-19/h1-10,13-14,30H,11-12,15-16H2,(H,25,27). The van der Waals surface area contributed by atoms with Gasteiger partial charge in [-0.3, -0.25) is 5.10 Å². The molecule has 0 amide bonds. The molecule has 3 heterocycles. The van der Waals surface area contributed by atoms with E-state index in [1.54, 1.807) is 0 Å². The van der Waals surface area contributed by atoms with Crippen molar-refractivity contribution in [3.63, 3.8) is 0 Å². The third kappa shape index (κ3) is 3.40. The molecule has 0 atom stereocenters. The number of nitrogens with one attached hydrogen (secondary N) is 1. The lowest BCUT2D eigenvalue weighted by atomic mass is 10.0. The number of aromatic amines is 1. The molecule has 0 radical (unpaired) electrons. The predicted octanol–water partition coefficient (Wildman–Crippen LogP) is 3.52. The lowest BCUT2D eigenvalue weighted by molar-refractivity contribution is 0.301. The van der Waals surface area contributed by atoms with Crippen molar-refractivity contribution < 1.29 is 5.11 Å². The highest BCUT2D eigenvalue weighted by Crippen LogP contribution is 2.40. The lowest BCUT2D eigenvalue weighted by Gasteiger charge is -2.31. The summed E-state index contributed by atoms with van der Waals surface area (Å²) in [7, 11) is 0. The van der Waals surface area contributed by atoms with Gasteiger partial charge in [0, 0.05) is 30.5 Å². The van der Waals surface area contributed by atoms with Crippen LogP contribution in [-0.2, 0) is 13.1 Å². The van der Waals surface area contributed by atoms with Gasteiger partial charge >= 0.3 is 0 Å². The van der Waals surface area contributed by atoms with Crippen LogP contribution in [-0.4, -0.2) is 38.4 Å². The van der Waals surface area contributed by atoms with Gasteiger partial charge in [-0.25, -0.2) is 4.98 Å². The van der Waals surface area contributed by atoms with E-state index in [1.165, 1.54) is 0 Å². The van der Waals surface area contributed by atoms with Crippen LogP contribution in [0.3, 0.4) is 0 Å². The van der Waals surface area contributed by atoms with Gasteiger partial charge in [0.1, 0.15) is 5.82 Å². The molecule has 0 unspecified atom stereocenters. The Bertz CT molecular complexity index is 1130. The van der Waals surface area contributed by atoms with Crippen LogP contribution in [0, 0.1) is 0 Å². The van der Waals surface area contributed by atoms with Crippen LogP contribution in [0.2, 0.25) is 0 Å². The fraction of sp³-hybridized carbons (Fsp3) is 0.174.